The van der Waals surface area contributed by atoms with Crippen LogP contribution in [0.15, 0.2) is 119 Å². The van der Waals surface area contributed by atoms with Crippen LogP contribution in [0.25, 0.3) is 0 Å². The highest BCUT2D eigenvalue weighted by molar-refractivity contribution is 7.90. The van der Waals surface area contributed by atoms with Crippen LogP contribution in [0, 0.1) is 0 Å². The zero-order valence-electron chi connectivity index (χ0n) is 53.2. The molecule has 16 nitrogen and oxygen atoms in total. The van der Waals surface area contributed by atoms with Crippen molar-refractivity contribution >= 4 is 31.9 Å². The summed E-state index contributed by atoms with van der Waals surface area (Å²) in [5.74, 6) is 0.155. The number of hydrogen-bond donors (Lipinski definition) is 2. The summed E-state index contributed by atoms with van der Waals surface area (Å²) >= 11 is 0. The van der Waals surface area contributed by atoms with Gasteiger partial charge in [0.15, 0.2) is 13.2 Å². The van der Waals surface area contributed by atoms with E-state index in [1.54, 1.807) is 36.4 Å². The Morgan fingerprint density at radius 1 is 0.375 bits per heavy atom. The molecular weight excluding hydrogens is 1160 g/mol. The van der Waals surface area contributed by atoms with Gasteiger partial charge in [0.2, 0.25) is 0 Å². The first-order valence-corrected chi connectivity index (χ1v) is 33.1. The summed E-state index contributed by atoms with van der Waals surface area (Å²) in [6, 6.07) is 32.3. The van der Waals surface area contributed by atoms with Crippen molar-refractivity contribution in [3.63, 3.8) is 0 Å². The first-order chi connectivity index (χ1) is 41.5. The smallest absolute Gasteiger partial charge is 0.271 e. The molecule has 1 aliphatic heterocycles. The predicted octanol–water partition coefficient (Wildman–Crippen LogP) is 11.2. The molecule has 2 amide bonds. The van der Waals surface area contributed by atoms with E-state index in [9.17, 15) is 26.4 Å². The second-order valence-electron chi connectivity index (χ2n) is 26.6. The van der Waals surface area contributed by atoms with Crippen LogP contribution in [0.2, 0.25) is 0 Å². The maximum atomic E-state index is 14.1. The predicted molar refractivity (Wildman–Crippen MR) is 341 cm³/mol. The fourth-order valence-corrected chi connectivity index (χ4v) is 12.5. The Kier molecular flexibility index (Phi) is 21.6. The average molecular weight is 1250 g/mol. The van der Waals surface area contributed by atoms with Gasteiger partial charge in [-0.05, 0) is 113 Å². The third-order valence-electron chi connectivity index (χ3n) is 15.3. The van der Waals surface area contributed by atoms with Crippen molar-refractivity contribution in [1.82, 2.24) is 9.44 Å². The van der Waals surface area contributed by atoms with Crippen molar-refractivity contribution in [1.29, 1.82) is 0 Å². The van der Waals surface area contributed by atoms with Gasteiger partial charge in [-0.3, -0.25) is 9.59 Å². The minimum Gasteiger partial charge on any atom is -0.491 e. The van der Waals surface area contributed by atoms with Gasteiger partial charge in [-0.1, -0.05) is 168 Å². The molecule has 88 heavy (non-hydrogen) atoms. The molecule has 1 heterocycles. The van der Waals surface area contributed by atoms with Crippen molar-refractivity contribution in [3.05, 3.63) is 176 Å². The standard InChI is InChI=1S/C70H88N2O14S2/c1-67(2,3)55-37-47-33-48-38-56(68(4,5)6)40-50-35-52-42-58(70(10,11)12)44-54(66(52)86-46-62(74)72-88(77,78)60-21-17-14-18-22-60)36-53-43-57(69(7,8)9)41-51(65(53)85-45-61(73)71-87(75,76)59-19-15-13-16-20-59)34-49(39-55)63(47)83-31-29-81-27-25-79-23-24-80-26-28-82-30-32-84-64(48)50/h13-22,37-44H,23-36,45-46H2,1-12H3,(H,71,73)(H,72,74). The van der Waals surface area contributed by atoms with Crippen molar-refractivity contribution in [2.45, 2.75) is 140 Å². The number of nitrogens with one attached hydrogen (secondary N) is 2. The Balaban J connectivity index is 1.42. The molecule has 474 valence electrons. The molecule has 0 aromatic heterocycles. The van der Waals surface area contributed by atoms with Crippen molar-refractivity contribution < 1.29 is 64.3 Å². The summed E-state index contributed by atoms with van der Waals surface area (Å²) in [5.41, 5.74) is 8.39. The lowest BCUT2D eigenvalue weighted by molar-refractivity contribution is -0.122. The quantitative estimate of drug-likeness (QED) is 0.131. The Hall–Kier alpha value is -6.80. The van der Waals surface area contributed by atoms with E-state index in [-0.39, 0.29) is 66.3 Å². The molecule has 0 atom stereocenters. The van der Waals surface area contributed by atoms with Crippen LogP contribution in [0.5, 0.6) is 23.0 Å². The van der Waals surface area contributed by atoms with Gasteiger partial charge >= 0.3 is 0 Å². The molecule has 6 aromatic carbocycles. The molecule has 1 aliphatic carbocycles. The number of carbonyl (C=O) groups excluding carboxylic acids is 2. The molecule has 0 saturated carbocycles. The molecule has 2 aliphatic rings. The number of amides is 2. The molecule has 0 saturated heterocycles. The monoisotopic (exact) mass is 1240 g/mol. The van der Waals surface area contributed by atoms with E-state index in [0.717, 1.165) is 44.5 Å². The highest BCUT2D eigenvalue weighted by Crippen LogP contribution is 2.45. The number of rotatable bonds is 10. The zero-order chi connectivity index (χ0) is 63.7. The van der Waals surface area contributed by atoms with E-state index in [1.165, 1.54) is 24.3 Å². The number of sulfonamides is 2. The van der Waals surface area contributed by atoms with Crippen LogP contribution < -0.4 is 28.4 Å². The molecule has 0 radical (unpaired) electrons. The van der Waals surface area contributed by atoms with Crippen LogP contribution in [0.3, 0.4) is 0 Å². The molecular formula is C70H88N2O14S2. The SMILES string of the molecule is CC(C)(C)c1cc2c3c(c1)Cc1cc(C(C)(C)C)cc(c1OCC(=O)NS(=O)(=O)c1ccccc1)Cc1cc(C(C)(C)C)cc(c1OCC(=O)NS(=O)(=O)c1ccccc1)Cc1cc(C(C)(C)C)cc(c1OCCOCCOCCOCCOCCO3)C2. The van der Waals surface area contributed by atoms with Crippen molar-refractivity contribution in [2.75, 3.05) is 79.3 Å². The lowest BCUT2D eigenvalue weighted by Gasteiger charge is -2.29. The lowest BCUT2D eigenvalue weighted by atomic mass is 9.79. The maximum Gasteiger partial charge on any atom is 0.271 e. The zero-order valence-corrected chi connectivity index (χ0v) is 54.9. The van der Waals surface area contributed by atoms with E-state index in [1.807, 2.05) is 12.1 Å². The topological polar surface area (TPSA) is 200 Å². The van der Waals surface area contributed by atoms with Crippen LogP contribution in [-0.4, -0.2) is 108 Å². The van der Waals surface area contributed by atoms with Gasteiger partial charge in [-0.25, -0.2) is 26.3 Å². The van der Waals surface area contributed by atoms with Gasteiger partial charge in [-0.2, -0.15) is 0 Å². The normalized spacial score (nSPS) is 15.5. The Morgan fingerprint density at radius 2 is 0.614 bits per heavy atom. The molecule has 2 N–H and O–H groups in total. The summed E-state index contributed by atoms with van der Waals surface area (Å²) < 4.78 is 110. The maximum absolute atomic E-state index is 14.1. The van der Waals surface area contributed by atoms with E-state index in [0.29, 0.717) is 91.3 Å². The van der Waals surface area contributed by atoms with Crippen LogP contribution >= 0.6 is 0 Å². The number of hydrogen-bond acceptors (Lipinski definition) is 14. The van der Waals surface area contributed by atoms with Crippen molar-refractivity contribution in [3.8, 4) is 23.0 Å². The third kappa shape index (κ3) is 18.0. The number of ether oxygens (including phenoxy) is 8. The second-order valence-corrected chi connectivity index (χ2v) is 30.0. The van der Waals surface area contributed by atoms with Gasteiger partial charge in [0.25, 0.3) is 31.9 Å². The fourth-order valence-electron chi connectivity index (χ4n) is 10.5. The second kappa shape index (κ2) is 28.4. The fraction of sp³-hybridized carbons (Fsp3) is 0.457. The minimum atomic E-state index is -4.29. The number of fused-ring (bicyclic) bond motifs is 4. The van der Waals surface area contributed by atoms with Crippen LogP contribution in [0.4, 0.5) is 0 Å². The van der Waals surface area contributed by atoms with Gasteiger partial charge in [0, 0.05) is 25.7 Å². The first kappa shape index (κ1) is 67.1. The largest absolute Gasteiger partial charge is 0.491 e. The Morgan fingerprint density at radius 3 is 0.886 bits per heavy atom. The van der Waals surface area contributed by atoms with Gasteiger partial charge in [-0.15, -0.1) is 0 Å². The highest BCUT2D eigenvalue weighted by atomic mass is 32.2. The Bertz CT molecular complexity index is 3410. The van der Waals surface area contributed by atoms with E-state index in [4.69, 9.17) is 37.9 Å². The molecule has 18 heteroatoms. The van der Waals surface area contributed by atoms with Crippen LogP contribution in [-0.2, 0) is 95.9 Å². The first-order valence-electron chi connectivity index (χ1n) is 30.1. The molecule has 8 rings (SSSR count). The summed E-state index contributed by atoms with van der Waals surface area (Å²) in [5, 5.41) is 0. The molecule has 0 spiro atoms. The highest BCUT2D eigenvalue weighted by Gasteiger charge is 2.31. The minimum absolute atomic E-state index is 0.0827. The van der Waals surface area contributed by atoms with E-state index in [2.05, 4.69) is 129 Å². The molecule has 0 fully saturated rings. The average Bonchev–Trinajstić information content (AvgIpc) is 0.891. The number of carbonyl (C=O) groups is 2. The summed E-state index contributed by atoms with van der Waals surface area (Å²) in [6.07, 6.45) is 0.892. The summed E-state index contributed by atoms with van der Waals surface area (Å²) in [4.78, 5) is 28.0. The van der Waals surface area contributed by atoms with E-state index < -0.39 is 55.9 Å². The Labute approximate surface area is 521 Å². The van der Waals surface area contributed by atoms with E-state index >= 15 is 0 Å². The summed E-state index contributed by atoms with van der Waals surface area (Å²) in [6.45, 7) is 27.5. The molecule has 10 bridgehead atoms. The lowest BCUT2D eigenvalue weighted by Crippen LogP contribution is -2.34. The van der Waals surface area contributed by atoms with Crippen LogP contribution in [0.1, 0.15) is 150 Å². The summed E-state index contributed by atoms with van der Waals surface area (Å²) in [7, 11) is -8.58. The molecule has 0 unspecified atom stereocenters. The van der Waals surface area contributed by atoms with Crippen molar-refractivity contribution in [2.24, 2.45) is 0 Å². The molecule has 6 aromatic rings. The van der Waals surface area contributed by atoms with Gasteiger partial charge in [0.05, 0.1) is 62.6 Å². The van der Waals surface area contributed by atoms with Gasteiger partial charge < -0.3 is 37.9 Å². The van der Waals surface area contributed by atoms with Gasteiger partial charge in [0.1, 0.15) is 36.2 Å². The number of benzene rings is 6. The third-order valence-corrected chi connectivity index (χ3v) is 18.1.